The lowest BCUT2D eigenvalue weighted by Gasteiger charge is -2.03. The molecule has 0 spiro atoms. The lowest BCUT2D eigenvalue weighted by molar-refractivity contribution is 0.560. The van der Waals surface area contributed by atoms with E-state index in [2.05, 4.69) is 10.3 Å². The first-order chi connectivity index (χ1) is 7.84. The van der Waals surface area contributed by atoms with Crippen molar-refractivity contribution in [2.24, 2.45) is 0 Å². The lowest BCUT2D eigenvalue weighted by Crippen LogP contribution is -2.16. The average Bonchev–Trinajstić information content (AvgIpc) is 2.80. The number of nitrogens with zero attached hydrogens (tertiary/aromatic N) is 1. The Morgan fingerprint density at radius 1 is 1.25 bits per heavy atom. The summed E-state index contributed by atoms with van der Waals surface area (Å²) < 4.78 is 4.98. The molecule has 1 N–H and O–H groups in total. The number of rotatable bonds is 5. The van der Waals surface area contributed by atoms with Gasteiger partial charge in [0.1, 0.15) is 5.15 Å². The fourth-order valence-corrected chi connectivity index (χ4v) is 1.52. The van der Waals surface area contributed by atoms with E-state index < -0.39 is 0 Å². The van der Waals surface area contributed by atoms with Gasteiger partial charge in [0.25, 0.3) is 0 Å². The summed E-state index contributed by atoms with van der Waals surface area (Å²) in [6.45, 7) is 1.74. The van der Waals surface area contributed by atoms with Crippen LogP contribution in [0.1, 0.15) is 11.1 Å². The van der Waals surface area contributed by atoms with Crippen molar-refractivity contribution in [3.8, 4) is 0 Å². The van der Waals surface area contributed by atoms with Gasteiger partial charge < -0.3 is 9.73 Å². The van der Waals surface area contributed by atoms with Gasteiger partial charge in [0.05, 0.1) is 12.5 Å². The molecule has 2 rings (SSSR count). The Hall–Kier alpha value is -1.32. The highest BCUT2D eigenvalue weighted by molar-refractivity contribution is 6.29. The van der Waals surface area contributed by atoms with Crippen molar-refractivity contribution in [2.45, 2.75) is 13.0 Å². The van der Waals surface area contributed by atoms with Crippen LogP contribution in [0.15, 0.2) is 41.3 Å². The number of halogens is 1. The summed E-state index contributed by atoms with van der Waals surface area (Å²) in [6, 6.07) is 5.76. The molecule has 0 aliphatic heterocycles. The minimum atomic E-state index is 0.537. The van der Waals surface area contributed by atoms with E-state index in [1.807, 2.05) is 24.4 Å². The summed E-state index contributed by atoms with van der Waals surface area (Å²) in [4.78, 5) is 4.03. The Morgan fingerprint density at radius 2 is 2.19 bits per heavy atom. The Labute approximate surface area is 99.5 Å². The van der Waals surface area contributed by atoms with E-state index in [0.717, 1.165) is 25.1 Å². The molecule has 16 heavy (non-hydrogen) atoms. The number of furan rings is 1. The van der Waals surface area contributed by atoms with Gasteiger partial charge >= 0.3 is 0 Å². The predicted octanol–water partition coefficient (Wildman–Crippen LogP) is 2.66. The molecule has 4 heteroatoms. The molecule has 0 unspecified atom stereocenters. The summed E-state index contributed by atoms with van der Waals surface area (Å²) in [5.41, 5.74) is 2.35. The second-order valence-electron chi connectivity index (χ2n) is 3.55. The molecule has 0 aliphatic carbocycles. The van der Waals surface area contributed by atoms with Crippen LogP contribution in [0, 0.1) is 0 Å². The van der Waals surface area contributed by atoms with Gasteiger partial charge in [-0.05, 0) is 30.7 Å². The molecule has 0 amide bonds. The first kappa shape index (κ1) is 11.2. The molecule has 0 saturated carbocycles. The molecule has 2 heterocycles. The van der Waals surface area contributed by atoms with E-state index in [9.17, 15) is 0 Å². The molecule has 0 saturated heterocycles. The molecule has 0 aromatic carbocycles. The van der Waals surface area contributed by atoms with Gasteiger partial charge in [-0.15, -0.1) is 0 Å². The zero-order valence-electron chi connectivity index (χ0n) is 8.82. The first-order valence-electron chi connectivity index (χ1n) is 5.17. The maximum atomic E-state index is 5.70. The maximum absolute atomic E-state index is 5.70. The van der Waals surface area contributed by atoms with E-state index in [1.54, 1.807) is 12.5 Å². The second-order valence-corrected chi connectivity index (χ2v) is 3.93. The van der Waals surface area contributed by atoms with Crippen LogP contribution >= 0.6 is 11.6 Å². The Kier molecular flexibility index (Phi) is 3.97. The van der Waals surface area contributed by atoms with Crippen LogP contribution in [-0.4, -0.2) is 11.5 Å². The normalized spacial score (nSPS) is 10.6. The molecule has 0 radical (unpaired) electrons. The van der Waals surface area contributed by atoms with Crippen molar-refractivity contribution in [3.63, 3.8) is 0 Å². The first-order valence-corrected chi connectivity index (χ1v) is 5.54. The monoisotopic (exact) mass is 236 g/mol. The molecule has 3 nitrogen and oxygen atoms in total. The largest absolute Gasteiger partial charge is 0.472 e. The van der Waals surface area contributed by atoms with Crippen molar-refractivity contribution in [2.75, 3.05) is 6.54 Å². The number of hydrogen-bond donors (Lipinski definition) is 1. The van der Waals surface area contributed by atoms with Gasteiger partial charge in [-0.25, -0.2) is 4.98 Å². The van der Waals surface area contributed by atoms with E-state index in [1.165, 1.54) is 5.56 Å². The number of nitrogens with one attached hydrogen (secondary N) is 1. The Bertz CT molecular complexity index is 411. The van der Waals surface area contributed by atoms with Gasteiger partial charge in [0, 0.05) is 18.3 Å². The summed E-state index contributed by atoms with van der Waals surface area (Å²) in [5, 5.41) is 3.87. The number of hydrogen-bond acceptors (Lipinski definition) is 3. The highest BCUT2D eigenvalue weighted by atomic mass is 35.5. The topological polar surface area (TPSA) is 38.1 Å². The summed E-state index contributed by atoms with van der Waals surface area (Å²) in [6.07, 6.45) is 6.18. The molecule has 0 fully saturated rings. The van der Waals surface area contributed by atoms with Crippen LogP contribution in [0.25, 0.3) is 0 Å². The van der Waals surface area contributed by atoms with Crippen molar-refractivity contribution in [1.29, 1.82) is 0 Å². The molecular weight excluding hydrogens is 224 g/mol. The number of aromatic nitrogens is 1. The molecule has 0 aliphatic rings. The SMILES string of the molecule is Clc1ccc(CCNCc2ccoc2)cn1. The van der Waals surface area contributed by atoms with Gasteiger partial charge in [0.2, 0.25) is 0 Å². The van der Waals surface area contributed by atoms with Gasteiger partial charge in [0.15, 0.2) is 0 Å². The van der Waals surface area contributed by atoms with Crippen molar-refractivity contribution >= 4 is 11.6 Å². The van der Waals surface area contributed by atoms with Crippen molar-refractivity contribution in [3.05, 3.63) is 53.2 Å². The minimum absolute atomic E-state index is 0.537. The summed E-state index contributed by atoms with van der Waals surface area (Å²) >= 11 is 5.70. The van der Waals surface area contributed by atoms with E-state index in [0.29, 0.717) is 5.15 Å². The van der Waals surface area contributed by atoms with Crippen LogP contribution in [0.3, 0.4) is 0 Å². The smallest absolute Gasteiger partial charge is 0.129 e. The second kappa shape index (κ2) is 5.68. The maximum Gasteiger partial charge on any atom is 0.129 e. The minimum Gasteiger partial charge on any atom is -0.472 e. The third kappa shape index (κ3) is 3.36. The van der Waals surface area contributed by atoms with Crippen LogP contribution in [0.5, 0.6) is 0 Å². The summed E-state index contributed by atoms with van der Waals surface area (Å²) in [7, 11) is 0. The number of pyridine rings is 1. The summed E-state index contributed by atoms with van der Waals surface area (Å²) in [5.74, 6) is 0. The quantitative estimate of drug-likeness (QED) is 0.641. The lowest BCUT2D eigenvalue weighted by atomic mass is 10.2. The highest BCUT2D eigenvalue weighted by Crippen LogP contribution is 2.05. The Balaban J connectivity index is 1.70. The van der Waals surface area contributed by atoms with Crippen LogP contribution in [0.4, 0.5) is 0 Å². The van der Waals surface area contributed by atoms with Gasteiger partial charge in [-0.3, -0.25) is 0 Å². The van der Waals surface area contributed by atoms with E-state index in [4.69, 9.17) is 16.0 Å². The molecule has 2 aromatic rings. The molecule has 0 atom stereocenters. The molecule has 2 aromatic heterocycles. The highest BCUT2D eigenvalue weighted by Gasteiger charge is 1.96. The zero-order chi connectivity index (χ0) is 11.2. The zero-order valence-corrected chi connectivity index (χ0v) is 9.57. The van der Waals surface area contributed by atoms with Gasteiger partial charge in [-0.1, -0.05) is 17.7 Å². The molecule has 84 valence electrons. The average molecular weight is 237 g/mol. The fraction of sp³-hybridized carbons (Fsp3) is 0.250. The molecular formula is C12H13ClN2O. The van der Waals surface area contributed by atoms with Crippen molar-refractivity contribution in [1.82, 2.24) is 10.3 Å². The van der Waals surface area contributed by atoms with E-state index >= 15 is 0 Å². The van der Waals surface area contributed by atoms with Crippen LogP contribution < -0.4 is 5.32 Å². The predicted molar refractivity (Wildman–Crippen MR) is 63.4 cm³/mol. The third-order valence-electron chi connectivity index (χ3n) is 2.29. The third-order valence-corrected chi connectivity index (χ3v) is 2.51. The molecule has 0 bridgehead atoms. The fourth-order valence-electron chi connectivity index (χ4n) is 1.41. The van der Waals surface area contributed by atoms with E-state index in [-0.39, 0.29) is 0 Å². The van der Waals surface area contributed by atoms with Gasteiger partial charge in [-0.2, -0.15) is 0 Å². The Morgan fingerprint density at radius 3 is 2.88 bits per heavy atom. The van der Waals surface area contributed by atoms with Crippen molar-refractivity contribution < 1.29 is 4.42 Å². The van der Waals surface area contributed by atoms with Crippen LogP contribution in [-0.2, 0) is 13.0 Å². The standard InChI is InChI=1S/C12H13ClN2O/c13-12-2-1-10(8-15-12)3-5-14-7-11-4-6-16-9-11/h1-2,4,6,8-9,14H,3,5,7H2. The van der Waals surface area contributed by atoms with Crippen LogP contribution in [0.2, 0.25) is 5.15 Å².